The molecular formula is C22H35N3O2. The summed E-state index contributed by atoms with van der Waals surface area (Å²) in [7, 11) is 0. The number of hydrogen-bond acceptors (Lipinski definition) is 5. The fraction of sp³-hybridized carbons (Fsp3) is 0.727. The van der Waals surface area contributed by atoms with E-state index in [-0.39, 0.29) is 12.2 Å². The quantitative estimate of drug-likeness (QED) is 0.855. The van der Waals surface area contributed by atoms with Gasteiger partial charge in [-0.25, -0.2) is 0 Å². The first-order valence-electron chi connectivity index (χ1n) is 10.8. The summed E-state index contributed by atoms with van der Waals surface area (Å²) in [5.74, 6) is 0.841. The molecule has 0 aromatic heterocycles. The van der Waals surface area contributed by atoms with Gasteiger partial charge in [-0.05, 0) is 37.3 Å². The van der Waals surface area contributed by atoms with E-state index in [2.05, 4.69) is 45.0 Å². The van der Waals surface area contributed by atoms with Crippen LogP contribution in [0.5, 0.6) is 0 Å². The van der Waals surface area contributed by atoms with Crippen LogP contribution in [0.1, 0.15) is 25.7 Å². The second kappa shape index (κ2) is 9.37. The minimum Gasteiger partial charge on any atom is -0.393 e. The van der Waals surface area contributed by atoms with Crippen LogP contribution >= 0.6 is 0 Å². The molecule has 0 bridgehead atoms. The third-order valence-corrected chi connectivity index (χ3v) is 6.52. The molecule has 0 spiro atoms. The maximum absolute atomic E-state index is 9.81. The van der Waals surface area contributed by atoms with Crippen LogP contribution in [-0.2, 0) is 4.74 Å². The SMILES string of the molecule is OC1CCOC(CN2CCN(CC3CCN(c4ccccc4)CC3)CC2)C1. The van der Waals surface area contributed by atoms with Crippen LogP contribution in [0.3, 0.4) is 0 Å². The molecular weight excluding hydrogens is 338 g/mol. The smallest absolute Gasteiger partial charge is 0.0726 e. The third-order valence-electron chi connectivity index (χ3n) is 6.52. The third kappa shape index (κ3) is 5.44. The maximum Gasteiger partial charge on any atom is 0.0726 e. The Morgan fingerprint density at radius 1 is 0.852 bits per heavy atom. The van der Waals surface area contributed by atoms with Gasteiger partial charge in [0, 0.05) is 71.1 Å². The van der Waals surface area contributed by atoms with Crippen LogP contribution in [0.4, 0.5) is 5.69 Å². The van der Waals surface area contributed by atoms with E-state index in [0.29, 0.717) is 6.61 Å². The summed E-state index contributed by atoms with van der Waals surface area (Å²) < 4.78 is 5.83. The molecule has 27 heavy (non-hydrogen) atoms. The van der Waals surface area contributed by atoms with Gasteiger partial charge in [0.1, 0.15) is 0 Å². The lowest BCUT2D eigenvalue weighted by atomic mass is 9.95. The normalized spacial score (nSPS) is 29.1. The van der Waals surface area contributed by atoms with E-state index in [1.165, 1.54) is 51.3 Å². The highest BCUT2D eigenvalue weighted by Gasteiger charge is 2.27. The maximum atomic E-state index is 9.81. The van der Waals surface area contributed by atoms with Crippen molar-refractivity contribution < 1.29 is 9.84 Å². The monoisotopic (exact) mass is 373 g/mol. The van der Waals surface area contributed by atoms with Crippen molar-refractivity contribution in [3.05, 3.63) is 30.3 Å². The van der Waals surface area contributed by atoms with Gasteiger partial charge in [-0.15, -0.1) is 0 Å². The van der Waals surface area contributed by atoms with Crippen molar-refractivity contribution in [3.63, 3.8) is 0 Å². The molecule has 3 heterocycles. The number of nitrogens with zero attached hydrogens (tertiary/aromatic N) is 3. The number of rotatable bonds is 5. The zero-order valence-corrected chi connectivity index (χ0v) is 16.5. The standard InChI is InChI=1S/C22H35N3O2/c26-21-8-15-27-22(16-21)18-24-13-11-23(12-14-24)17-19-6-9-25(10-7-19)20-4-2-1-3-5-20/h1-5,19,21-22,26H,6-18H2. The predicted molar refractivity (Wildman–Crippen MR) is 109 cm³/mol. The van der Waals surface area contributed by atoms with Gasteiger partial charge in [0.15, 0.2) is 0 Å². The number of piperidine rings is 1. The second-order valence-corrected chi connectivity index (χ2v) is 8.54. The molecule has 3 aliphatic rings. The number of para-hydroxylation sites is 1. The van der Waals surface area contributed by atoms with Crippen molar-refractivity contribution in [1.82, 2.24) is 9.80 Å². The average molecular weight is 374 g/mol. The van der Waals surface area contributed by atoms with Crippen LogP contribution in [0.2, 0.25) is 0 Å². The van der Waals surface area contributed by atoms with Crippen molar-refractivity contribution >= 4 is 5.69 Å². The highest BCUT2D eigenvalue weighted by Crippen LogP contribution is 2.24. The van der Waals surface area contributed by atoms with Gasteiger partial charge in [-0.2, -0.15) is 0 Å². The fourth-order valence-electron chi connectivity index (χ4n) is 4.81. The summed E-state index contributed by atoms with van der Waals surface area (Å²) in [6, 6.07) is 10.8. The highest BCUT2D eigenvalue weighted by atomic mass is 16.5. The second-order valence-electron chi connectivity index (χ2n) is 8.54. The first kappa shape index (κ1) is 19.2. The molecule has 1 aromatic rings. The van der Waals surface area contributed by atoms with Crippen molar-refractivity contribution in [1.29, 1.82) is 0 Å². The molecule has 5 heteroatoms. The zero-order chi connectivity index (χ0) is 18.5. The van der Waals surface area contributed by atoms with Crippen LogP contribution in [-0.4, -0.2) is 86.1 Å². The number of aliphatic hydroxyl groups excluding tert-OH is 1. The Labute approximate surface area is 163 Å². The first-order chi connectivity index (χ1) is 13.3. The van der Waals surface area contributed by atoms with Gasteiger partial charge >= 0.3 is 0 Å². The number of aliphatic hydroxyl groups is 1. The first-order valence-corrected chi connectivity index (χ1v) is 10.8. The molecule has 3 saturated heterocycles. The minimum absolute atomic E-state index is 0.160. The summed E-state index contributed by atoms with van der Waals surface area (Å²) in [5, 5.41) is 9.81. The van der Waals surface area contributed by atoms with Crippen molar-refractivity contribution in [2.24, 2.45) is 5.92 Å². The summed E-state index contributed by atoms with van der Waals surface area (Å²) in [5.41, 5.74) is 1.37. The van der Waals surface area contributed by atoms with E-state index in [1.807, 2.05) is 0 Å². The Morgan fingerprint density at radius 3 is 2.19 bits per heavy atom. The molecule has 0 aliphatic carbocycles. The molecule has 1 N–H and O–H groups in total. The number of anilines is 1. The fourth-order valence-corrected chi connectivity index (χ4v) is 4.81. The van der Waals surface area contributed by atoms with Crippen molar-refractivity contribution in [2.45, 2.75) is 37.9 Å². The summed E-state index contributed by atoms with van der Waals surface area (Å²) in [6.45, 7) is 9.97. The van der Waals surface area contributed by atoms with Gasteiger partial charge in [0.2, 0.25) is 0 Å². The van der Waals surface area contributed by atoms with Gasteiger partial charge in [-0.3, -0.25) is 4.90 Å². The number of benzene rings is 1. The molecule has 5 nitrogen and oxygen atoms in total. The van der Waals surface area contributed by atoms with Gasteiger partial charge in [0.25, 0.3) is 0 Å². The van der Waals surface area contributed by atoms with Gasteiger partial charge in [0.05, 0.1) is 12.2 Å². The van der Waals surface area contributed by atoms with E-state index in [9.17, 15) is 5.11 Å². The van der Waals surface area contributed by atoms with Crippen LogP contribution < -0.4 is 4.90 Å². The number of piperazine rings is 1. The summed E-state index contributed by atoms with van der Waals surface area (Å²) in [6.07, 6.45) is 4.29. The molecule has 3 fully saturated rings. The van der Waals surface area contributed by atoms with E-state index < -0.39 is 0 Å². The molecule has 150 valence electrons. The average Bonchev–Trinajstić information content (AvgIpc) is 2.71. The van der Waals surface area contributed by atoms with Gasteiger partial charge in [-0.1, -0.05) is 18.2 Å². The Bertz CT molecular complexity index is 554. The number of ether oxygens (including phenoxy) is 1. The number of hydrogen-bond donors (Lipinski definition) is 1. The topological polar surface area (TPSA) is 39.2 Å². The van der Waals surface area contributed by atoms with E-state index >= 15 is 0 Å². The Balaban J connectivity index is 1.15. The Kier molecular flexibility index (Phi) is 6.66. The Hall–Kier alpha value is -1.14. The van der Waals surface area contributed by atoms with Gasteiger partial charge < -0.3 is 19.6 Å². The largest absolute Gasteiger partial charge is 0.393 e. The van der Waals surface area contributed by atoms with E-state index in [0.717, 1.165) is 38.4 Å². The molecule has 0 amide bonds. The van der Waals surface area contributed by atoms with E-state index in [4.69, 9.17) is 4.74 Å². The lowest BCUT2D eigenvalue weighted by molar-refractivity contribution is -0.0600. The van der Waals surface area contributed by atoms with Crippen molar-refractivity contribution in [2.75, 3.05) is 63.9 Å². The summed E-state index contributed by atoms with van der Waals surface area (Å²) >= 11 is 0. The molecule has 0 saturated carbocycles. The summed E-state index contributed by atoms with van der Waals surface area (Å²) in [4.78, 5) is 7.72. The molecule has 2 unspecified atom stereocenters. The predicted octanol–water partition coefficient (Wildman–Crippen LogP) is 2.06. The van der Waals surface area contributed by atoms with Crippen LogP contribution in [0.15, 0.2) is 30.3 Å². The molecule has 3 aliphatic heterocycles. The van der Waals surface area contributed by atoms with Crippen molar-refractivity contribution in [3.8, 4) is 0 Å². The molecule has 1 aromatic carbocycles. The minimum atomic E-state index is -0.160. The lowest BCUT2D eigenvalue weighted by Crippen LogP contribution is -2.51. The molecule has 4 rings (SSSR count). The van der Waals surface area contributed by atoms with Crippen LogP contribution in [0.25, 0.3) is 0 Å². The van der Waals surface area contributed by atoms with E-state index in [1.54, 1.807) is 0 Å². The molecule has 0 radical (unpaired) electrons. The molecule has 2 atom stereocenters. The lowest BCUT2D eigenvalue weighted by Gasteiger charge is -2.40. The zero-order valence-electron chi connectivity index (χ0n) is 16.5. The highest BCUT2D eigenvalue weighted by molar-refractivity contribution is 5.46. The Morgan fingerprint density at radius 2 is 1.52 bits per heavy atom. The van der Waals surface area contributed by atoms with Crippen LogP contribution in [0, 0.1) is 5.92 Å².